The maximum atomic E-state index is 12.6. The maximum absolute atomic E-state index is 12.6. The first kappa shape index (κ1) is 20.0. The molecule has 8 heteroatoms. The Balaban J connectivity index is 2.36. The van der Waals surface area contributed by atoms with Crippen LogP contribution in [0.3, 0.4) is 0 Å². The molecule has 0 spiro atoms. The Kier molecular flexibility index (Phi) is 6.34. The summed E-state index contributed by atoms with van der Waals surface area (Å²) in [5, 5.41) is 3.15. The van der Waals surface area contributed by atoms with Gasteiger partial charge in [0.25, 0.3) is 0 Å². The zero-order valence-corrected chi connectivity index (χ0v) is 17.7. The highest BCUT2D eigenvalue weighted by atomic mass is 127. The molecule has 0 aliphatic rings. The Bertz CT molecular complexity index is 885. The number of hydrogen-bond acceptors (Lipinski definition) is 3. The van der Waals surface area contributed by atoms with E-state index in [0.717, 1.165) is 14.1 Å². The first-order valence-electron chi connectivity index (χ1n) is 7.41. The third kappa shape index (κ3) is 5.08. The van der Waals surface area contributed by atoms with Crippen molar-refractivity contribution in [2.24, 2.45) is 0 Å². The zero-order chi connectivity index (χ0) is 18.8. The number of aryl methyl sites for hydroxylation is 1. The van der Waals surface area contributed by atoms with E-state index in [9.17, 15) is 13.2 Å². The van der Waals surface area contributed by atoms with Gasteiger partial charge in [0.1, 0.15) is 6.04 Å². The lowest BCUT2D eigenvalue weighted by Gasteiger charge is -2.29. The van der Waals surface area contributed by atoms with Gasteiger partial charge in [-0.25, -0.2) is 8.42 Å². The molecule has 0 bridgehead atoms. The Morgan fingerprint density at radius 3 is 2.36 bits per heavy atom. The molecule has 5 nitrogen and oxygen atoms in total. The molecule has 0 saturated carbocycles. The molecule has 0 fully saturated rings. The van der Waals surface area contributed by atoms with Crippen LogP contribution in [0.2, 0.25) is 5.02 Å². The minimum Gasteiger partial charge on any atom is -0.324 e. The van der Waals surface area contributed by atoms with Crippen molar-refractivity contribution in [2.45, 2.75) is 19.9 Å². The minimum atomic E-state index is -3.69. The zero-order valence-electron chi connectivity index (χ0n) is 14.0. The highest BCUT2D eigenvalue weighted by Gasteiger charge is 2.30. The largest absolute Gasteiger partial charge is 0.324 e. The van der Waals surface area contributed by atoms with Crippen molar-refractivity contribution in [3.05, 3.63) is 56.6 Å². The molecule has 0 heterocycles. The Labute approximate surface area is 166 Å². The molecule has 0 saturated heterocycles. The summed E-state index contributed by atoms with van der Waals surface area (Å²) in [7, 11) is -3.69. The topological polar surface area (TPSA) is 66.5 Å². The van der Waals surface area contributed by atoms with Crippen molar-refractivity contribution in [3.63, 3.8) is 0 Å². The summed E-state index contributed by atoms with van der Waals surface area (Å²) in [6.45, 7) is 3.32. The number of nitrogens with one attached hydrogen (secondary N) is 1. The van der Waals surface area contributed by atoms with Gasteiger partial charge in [-0.3, -0.25) is 9.10 Å². The van der Waals surface area contributed by atoms with E-state index in [0.29, 0.717) is 22.0 Å². The van der Waals surface area contributed by atoms with Gasteiger partial charge < -0.3 is 5.32 Å². The van der Waals surface area contributed by atoms with Gasteiger partial charge in [-0.1, -0.05) is 17.7 Å². The Morgan fingerprint density at radius 2 is 1.80 bits per heavy atom. The number of rotatable bonds is 5. The summed E-state index contributed by atoms with van der Waals surface area (Å²) in [5.74, 6) is -0.425. The first-order valence-corrected chi connectivity index (χ1v) is 10.7. The van der Waals surface area contributed by atoms with Crippen molar-refractivity contribution in [3.8, 4) is 0 Å². The second-order valence-corrected chi connectivity index (χ2v) is 9.20. The third-order valence-electron chi connectivity index (χ3n) is 3.61. The lowest BCUT2D eigenvalue weighted by molar-refractivity contribution is -0.116. The van der Waals surface area contributed by atoms with Crippen LogP contribution in [0, 0.1) is 10.5 Å². The molecule has 2 aromatic carbocycles. The van der Waals surface area contributed by atoms with Gasteiger partial charge in [0, 0.05) is 14.3 Å². The van der Waals surface area contributed by atoms with E-state index in [-0.39, 0.29) is 0 Å². The van der Waals surface area contributed by atoms with Crippen LogP contribution in [-0.2, 0) is 14.8 Å². The monoisotopic (exact) mass is 492 g/mol. The van der Waals surface area contributed by atoms with Crippen LogP contribution in [0.15, 0.2) is 42.5 Å². The fraction of sp³-hybridized carbons (Fsp3) is 0.235. The lowest BCUT2D eigenvalue weighted by Crippen LogP contribution is -2.45. The van der Waals surface area contributed by atoms with Crippen LogP contribution in [0.1, 0.15) is 12.5 Å². The van der Waals surface area contributed by atoms with E-state index in [4.69, 9.17) is 11.6 Å². The molecule has 1 amide bonds. The molecular formula is C17H18ClIN2O3S. The number of nitrogens with zero attached hydrogens (tertiary/aromatic N) is 1. The van der Waals surface area contributed by atoms with E-state index >= 15 is 0 Å². The van der Waals surface area contributed by atoms with Gasteiger partial charge in [0.15, 0.2) is 0 Å². The molecular weight excluding hydrogens is 475 g/mol. The predicted molar refractivity (Wildman–Crippen MR) is 111 cm³/mol. The molecule has 1 atom stereocenters. The van der Waals surface area contributed by atoms with Crippen molar-refractivity contribution in [1.82, 2.24) is 0 Å². The number of anilines is 2. The van der Waals surface area contributed by atoms with Crippen molar-refractivity contribution in [2.75, 3.05) is 15.9 Å². The third-order valence-corrected chi connectivity index (χ3v) is 5.79. The molecule has 0 radical (unpaired) electrons. The molecule has 2 rings (SSSR count). The smallest absolute Gasteiger partial charge is 0.247 e. The second kappa shape index (κ2) is 7.92. The summed E-state index contributed by atoms with van der Waals surface area (Å²) in [6, 6.07) is 11.3. The van der Waals surface area contributed by atoms with Gasteiger partial charge in [0.2, 0.25) is 15.9 Å². The average Bonchev–Trinajstić information content (AvgIpc) is 2.51. The van der Waals surface area contributed by atoms with Crippen LogP contribution < -0.4 is 9.62 Å². The van der Waals surface area contributed by atoms with Gasteiger partial charge in [-0.05, 0) is 78.4 Å². The average molecular weight is 493 g/mol. The summed E-state index contributed by atoms with van der Waals surface area (Å²) in [5.41, 5.74) is 1.71. The maximum Gasteiger partial charge on any atom is 0.247 e. The Morgan fingerprint density at radius 1 is 1.20 bits per heavy atom. The number of amides is 1. The SMILES string of the molecule is Cc1ccc(Cl)cc1N([C@@H](C)C(=O)Nc1ccc(I)cc1)S(C)(=O)=O. The first-order chi connectivity index (χ1) is 11.6. The normalized spacial score (nSPS) is 12.5. The summed E-state index contributed by atoms with van der Waals surface area (Å²) in [4.78, 5) is 12.6. The van der Waals surface area contributed by atoms with E-state index < -0.39 is 22.0 Å². The lowest BCUT2D eigenvalue weighted by atomic mass is 10.1. The summed E-state index contributed by atoms with van der Waals surface area (Å²) >= 11 is 8.18. The van der Waals surface area contributed by atoms with Gasteiger partial charge in [-0.15, -0.1) is 0 Å². The van der Waals surface area contributed by atoms with Crippen molar-refractivity contribution >= 4 is 61.5 Å². The van der Waals surface area contributed by atoms with E-state index in [1.807, 2.05) is 12.1 Å². The summed E-state index contributed by atoms with van der Waals surface area (Å²) < 4.78 is 26.8. The highest BCUT2D eigenvalue weighted by molar-refractivity contribution is 14.1. The van der Waals surface area contributed by atoms with Crippen LogP contribution in [0.5, 0.6) is 0 Å². The standard InChI is InChI=1S/C17H18ClIN2O3S/c1-11-4-5-13(18)10-16(11)21(25(3,23)24)12(2)17(22)20-15-8-6-14(19)7-9-15/h4-10,12H,1-3H3,(H,20,22)/t12-/m0/s1. The number of hydrogen-bond donors (Lipinski definition) is 1. The predicted octanol–water partition coefficient (Wildman–Crippen LogP) is 4.05. The molecule has 0 aliphatic carbocycles. The second-order valence-electron chi connectivity index (χ2n) is 5.66. The van der Waals surface area contributed by atoms with Crippen LogP contribution in [-0.4, -0.2) is 26.6 Å². The van der Waals surface area contributed by atoms with Gasteiger partial charge in [-0.2, -0.15) is 0 Å². The van der Waals surface area contributed by atoms with E-state index in [1.165, 1.54) is 0 Å². The molecule has 0 aromatic heterocycles. The van der Waals surface area contributed by atoms with Gasteiger partial charge >= 0.3 is 0 Å². The number of halogens is 2. The molecule has 2 aromatic rings. The van der Waals surface area contributed by atoms with E-state index in [2.05, 4.69) is 27.9 Å². The van der Waals surface area contributed by atoms with Crippen molar-refractivity contribution in [1.29, 1.82) is 0 Å². The van der Waals surface area contributed by atoms with Crippen LogP contribution >= 0.6 is 34.2 Å². The molecule has 0 unspecified atom stereocenters. The number of sulfonamides is 1. The van der Waals surface area contributed by atoms with E-state index in [1.54, 1.807) is 44.2 Å². The molecule has 25 heavy (non-hydrogen) atoms. The molecule has 134 valence electrons. The highest BCUT2D eigenvalue weighted by Crippen LogP contribution is 2.28. The van der Waals surface area contributed by atoms with Gasteiger partial charge in [0.05, 0.1) is 11.9 Å². The Hall–Kier alpha value is -1.32. The van der Waals surface area contributed by atoms with Crippen molar-refractivity contribution < 1.29 is 13.2 Å². The minimum absolute atomic E-state index is 0.389. The number of carbonyl (C=O) groups excluding carboxylic acids is 1. The summed E-state index contributed by atoms with van der Waals surface area (Å²) in [6.07, 6.45) is 1.07. The van der Waals surface area contributed by atoms with Crippen LogP contribution in [0.4, 0.5) is 11.4 Å². The fourth-order valence-electron chi connectivity index (χ4n) is 2.38. The number of carbonyl (C=O) groups is 1. The van der Waals surface area contributed by atoms with Crippen LogP contribution in [0.25, 0.3) is 0 Å². The molecule has 1 N–H and O–H groups in total. The quantitative estimate of drug-likeness (QED) is 0.641. The molecule has 0 aliphatic heterocycles. The number of benzene rings is 2. The fourth-order valence-corrected chi connectivity index (χ4v) is 4.13.